The predicted molar refractivity (Wildman–Crippen MR) is 81.0 cm³/mol. The summed E-state index contributed by atoms with van der Waals surface area (Å²) in [6.45, 7) is 9.57. The molecule has 0 aromatic carbocycles. The highest BCUT2D eigenvalue weighted by molar-refractivity contribution is 4.81. The quantitative estimate of drug-likeness (QED) is 0.711. The van der Waals surface area contributed by atoms with Crippen LogP contribution in [0.1, 0.15) is 65.7 Å². The van der Waals surface area contributed by atoms with E-state index in [4.69, 9.17) is 0 Å². The van der Waals surface area contributed by atoms with Gasteiger partial charge in [-0.25, -0.2) is 0 Å². The molecule has 2 nitrogen and oxygen atoms in total. The number of piperidine rings is 1. The summed E-state index contributed by atoms with van der Waals surface area (Å²) in [6, 6.07) is 1.43. The smallest absolute Gasteiger partial charge is 0.00818 e. The van der Waals surface area contributed by atoms with Crippen LogP contribution < -0.4 is 5.32 Å². The summed E-state index contributed by atoms with van der Waals surface area (Å²) >= 11 is 0. The van der Waals surface area contributed by atoms with Crippen molar-refractivity contribution in [3.63, 3.8) is 0 Å². The van der Waals surface area contributed by atoms with E-state index < -0.39 is 0 Å². The molecule has 0 amide bonds. The van der Waals surface area contributed by atoms with Crippen LogP contribution >= 0.6 is 0 Å². The van der Waals surface area contributed by atoms with Gasteiger partial charge < -0.3 is 10.2 Å². The van der Waals surface area contributed by atoms with Gasteiger partial charge in [-0.2, -0.15) is 0 Å². The summed E-state index contributed by atoms with van der Waals surface area (Å²) in [5.74, 6) is 0.852. The zero-order chi connectivity index (χ0) is 13.4. The van der Waals surface area contributed by atoms with Gasteiger partial charge in [0.1, 0.15) is 0 Å². The summed E-state index contributed by atoms with van der Waals surface area (Å²) in [6.07, 6.45) is 9.48. The molecule has 0 radical (unpaired) electrons. The maximum Gasteiger partial charge on any atom is 0.00818 e. The molecule has 1 saturated heterocycles. The Morgan fingerprint density at radius 1 is 1.22 bits per heavy atom. The van der Waals surface area contributed by atoms with Gasteiger partial charge in [0, 0.05) is 18.6 Å². The summed E-state index contributed by atoms with van der Waals surface area (Å²) in [4.78, 5) is 2.49. The van der Waals surface area contributed by atoms with Gasteiger partial charge in [-0.3, -0.25) is 0 Å². The molecule has 1 rings (SSSR count). The lowest BCUT2D eigenvalue weighted by molar-refractivity contribution is 0.170. The lowest BCUT2D eigenvalue weighted by Gasteiger charge is -2.36. The molecule has 18 heavy (non-hydrogen) atoms. The highest BCUT2D eigenvalue weighted by Crippen LogP contribution is 2.20. The Morgan fingerprint density at radius 2 is 2.00 bits per heavy atom. The maximum absolute atomic E-state index is 3.92. The fraction of sp³-hybridized carbons (Fsp3) is 1.00. The number of unbranched alkanes of at least 4 members (excludes halogenated alkanes) is 1. The molecule has 1 fully saturated rings. The van der Waals surface area contributed by atoms with E-state index in [9.17, 15) is 0 Å². The van der Waals surface area contributed by atoms with Gasteiger partial charge in [0.25, 0.3) is 0 Å². The number of nitrogens with one attached hydrogen (secondary N) is 1. The standard InChI is InChI=1S/C16H34N2/c1-5-7-11-16(9-6-2)17-14(3)15-10-8-12-18(4)13-15/h14-17H,5-13H2,1-4H3. The van der Waals surface area contributed by atoms with Gasteiger partial charge in [0.05, 0.1) is 0 Å². The highest BCUT2D eigenvalue weighted by Gasteiger charge is 2.24. The minimum Gasteiger partial charge on any atom is -0.311 e. The molecule has 0 saturated carbocycles. The fourth-order valence-electron chi connectivity index (χ4n) is 3.23. The normalized spacial score (nSPS) is 25.0. The monoisotopic (exact) mass is 254 g/mol. The predicted octanol–water partition coefficient (Wildman–Crippen LogP) is 3.67. The van der Waals surface area contributed by atoms with Crippen molar-refractivity contribution >= 4 is 0 Å². The molecule has 3 atom stereocenters. The molecule has 1 aliphatic rings. The molecule has 2 heteroatoms. The third kappa shape index (κ3) is 5.71. The van der Waals surface area contributed by atoms with Crippen molar-refractivity contribution in [1.82, 2.24) is 10.2 Å². The molecule has 1 aliphatic heterocycles. The van der Waals surface area contributed by atoms with Crippen LogP contribution in [0.5, 0.6) is 0 Å². The highest BCUT2D eigenvalue weighted by atomic mass is 15.1. The number of nitrogens with zero attached hydrogens (tertiary/aromatic N) is 1. The first-order valence-corrected chi connectivity index (χ1v) is 8.11. The van der Waals surface area contributed by atoms with Gasteiger partial charge >= 0.3 is 0 Å². The van der Waals surface area contributed by atoms with E-state index in [0.29, 0.717) is 6.04 Å². The molecule has 0 bridgehead atoms. The van der Waals surface area contributed by atoms with Gasteiger partial charge in [0.2, 0.25) is 0 Å². The molecule has 0 aromatic rings. The third-order valence-corrected chi connectivity index (χ3v) is 4.41. The van der Waals surface area contributed by atoms with Gasteiger partial charge in [0.15, 0.2) is 0 Å². The Bertz CT molecular complexity index is 205. The molecule has 108 valence electrons. The van der Waals surface area contributed by atoms with Crippen LogP contribution in [0.15, 0.2) is 0 Å². The summed E-state index contributed by atoms with van der Waals surface area (Å²) < 4.78 is 0. The lowest BCUT2D eigenvalue weighted by atomic mass is 9.90. The number of rotatable bonds is 8. The topological polar surface area (TPSA) is 15.3 Å². The third-order valence-electron chi connectivity index (χ3n) is 4.41. The molecule has 0 aromatic heterocycles. The average molecular weight is 254 g/mol. The molecule has 1 heterocycles. The van der Waals surface area contributed by atoms with Crippen molar-refractivity contribution < 1.29 is 0 Å². The SMILES string of the molecule is CCCCC(CCC)NC(C)C1CCCN(C)C1. The Hall–Kier alpha value is -0.0800. The van der Waals surface area contributed by atoms with Crippen LogP contribution in [0.2, 0.25) is 0 Å². The van der Waals surface area contributed by atoms with Crippen LogP contribution in [0.3, 0.4) is 0 Å². The minimum atomic E-state index is 0.682. The zero-order valence-electron chi connectivity index (χ0n) is 13.0. The van der Waals surface area contributed by atoms with E-state index >= 15 is 0 Å². The van der Waals surface area contributed by atoms with E-state index in [1.807, 2.05) is 0 Å². The van der Waals surface area contributed by atoms with E-state index in [-0.39, 0.29) is 0 Å². The van der Waals surface area contributed by atoms with E-state index in [1.165, 1.54) is 58.0 Å². The zero-order valence-corrected chi connectivity index (χ0v) is 13.0. The second-order valence-electron chi connectivity index (χ2n) is 6.25. The largest absolute Gasteiger partial charge is 0.311 e. The summed E-state index contributed by atoms with van der Waals surface area (Å²) in [5.41, 5.74) is 0. The molecule has 0 spiro atoms. The number of hydrogen-bond acceptors (Lipinski definition) is 2. The first kappa shape index (κ1) is 16.0. The second kappa shape index (κ2) is 8.92. The molecule has 3 unspecified atom stereocenters. The number of likely N-dealkylation sites (tertiary alicyclic amines) is 1. The lowest BCUT2D eigenvalue weighted by Crippen LogP contribution is -2.46. The molecular formula is C16H34N2. The van der Waals surface area contributed by atoms with Crippen LogP contribution in [0, 0.1) is 5.92 Å². The first-order chi connectivity index (χ1) is 8.67. The number of hydrogen-bond donors (Lipinski definition) is 1. The minimum absolute atomic E-state index is 0.682. The van der Waals surface area contributed by atoms with E-state index in [0.717, 1.165) is 12.0 Å². The molecule has 1 N–H and O–H groups in total. The summed E-state index contributed by atoms with van der Waals surface area (Å²) in [7, 11) is 2.26. The van der Waals surface area contributed by atoms with Crippen molar-refractivity contribution in [3.8, 4) is 0 Å². The Kier molecular flexibility index (Phi) is 7.92. The Labute approximate surface area is 115 Å². The van der Waals surface area contributed by atoms with Crippen LogP contribution in [0.4, 0.5) is 0 Å². The van der Waals surface area contributed by atoms with Crippen molar-refractivity contribution in [2.24, 2.45) is 5.92 Å². The van der Waals surface area contributed by atoms with Gasteiger partial charge in [-0.1, -0.05) is 33.1 Å². The summed E-state index contributed by atoms with van der Waals surface area (Å²) in [5, 5.41) is 3.92. The molecule has 0 aliphatic carbocycles. The van der Waals surface area contributed by atoms with Gasteiger partial charge in [-0.05, 0) is 52.1 Å². The van der Waals surface area contributed by atoms with Crippen LogP contribution in [-0.4, -0.2) is 37.1 Å². The Balaban J connectivity index is 2.36. The van der Waals surface area contributed by atoms with Crippen LogP contribution in [-0.2, 0) is 0 Å². The van der Waals surface area contributed by atoms with Gasteiger partial charge in [-0.15, -0.1) is 0 Å². The van der Waals surface area contributed by atoms with Crippen molar-refractivity contribution in [2.75, 3.05) is 20.1 Å². The average Bonchev–Trinajstić information content (AvgIpc) is 2.36. The van der Waals surface area contributed by atoms with Crippen LogP contribution in [0.25, 0.3) is 0 Å². The molecular weight excluding hydrogens is 220 g/mol. The van der Waals surface area contributed by atoms with Crippen molar-refractivity contribution in [3.05, 3.63) is 0 Å². The second-order valence-corrected chi connectivity index (χ2v) is 6.25. The fourth-order valence-corrected chi connectivity index (χ4v) is 3.23. The van der Waals surface area contributed by atoms with Crippen molar-refractivity contribution in [1.29, 1.82) is 0 Å². The first-order valence-electron chi connectivity index (χ1n) is 8.11. The van der Waals surface area contributed by atoms with Crippen molar-refractivity contribution in [2.45, 2.75) is 77.8 Å². The maximum atomic E-state index is 3.92. The van der Waals surface area contributed by atoms with E-state index in [1.54, 1.807) is 0 Å². The van der Waals surface area contributed by atoms with E-state index in [2.05, 4.69) is 38.0 Å². The Morgan fingerprint density at radius 3 is 2.61 bits per heavy atom.